The Morgan fingerprint density at radius 2 is 1.57 bits per heavy atom. The maximum Gasteiger partial charge on any atom is 0.113 e. The first-order valence-electron chi connectivity index (χ1n) is 8.79. The Balaban J connectivity index is 1.73. The molecule has 1 aromatic heterocycles. The minimum atomic E-state index is 0.946. The smallest absolute Gasteiger partial charge is 0.113 e. The molecule has 0 saturated carbocycles. The molecule has 0 aliphatic carbocycles. The molecule has 0 bridgehead atoms. The quantitative estimate of drug-likeness (QED) is 0.527. The topological polar surface area (TPSA) is 30.7 Å². The van der Waals surface area contributed by atoms with E-state index in [4.69, 9.17) is 0 Å². The summed E-state index contributed by atoms with van der Waals surface area (Å²) in [5.41, 5.74) is 4.54. The van der Waals surface area contributed by atoms with Crippen molar-refractivity contribution in [2.24, 2.45) is 0 Å². The number of fused-ring (bicyclic) bond motifs is 1. The largest absolute Gasteiger partial charge is 0.213 e. The Morgan fingerprint density at radius 3 is 2.48 bits per heavy atom. The van der Waals surface area contributed by atoms with Crippen molar-refractivity contribution in [1.82, 2.24) is 15.0 Å². The predicted molar refractivity (Wildman–Crippen MR) is 95.9 cm³/mol. The maximum absolute atomic E-state index is 4.36. The first-order chi connectivity index (χ1) is 11.4. The van der Waals surface area contributed by atoms with Crippen molar-refractivity contribution in [3.05, 3.63) is 54.1 Å². The van der Waals surface area contributed by atoms with Gasteiger partial charge in [0.2, 0.25) is 0 Å². The number of rotatable bonds is 8. The van der Waals surface area contributed by atoms with Crippen molar-refractivity contribution in [1.29, 1.82) is 0 Å². The molecule has 0 radical (unpaired) electrons. The molecule has 1 heterocycles. The van der Waals surface area contributed by atoms with Gasteiger partial charge in [0.05, 0.1) is 11.2 Å². The highest BCUT2D eigenvalue weighted by Gasteiger charge is 2.09. The van der Waals surface area contributed by atoms with Gasteiger partial charge in [-0.25, -0.2) is 4.68 Å². The van der Waals surface area contributed by atoms with Gasteiger partial charge < -0.3 is 0 Å². The zero-order valence-corrected chi connectivity index (χ0v) is 13.9. The van der Waals surface area contributed by atoms with Crippen molar-refractivity contribution in [3.63, 3.8) is 0 Å². The van der Waals surface area contributed by atoms with Crippen LogP contribution in [-0.4, -0.2) is 15.0 Å². The fourth-order valence-corrected chi connectivity index (χ4v) is 3.07. The molecule has 3 heteroatoms. The highest BCUT2D eigenvalue weighted by atomic mass is 15.4. The Kier molecular flexibility index (Phi) is 5.41. The lowest BCUT2D eigenvalue weighted by molar-refractivity contribution is 0.606. The van der Waals surface area contributed by atoms with E-state index in [1.807, 2.05) is 22.9 Å². The molecule has 0 atom stereocenters. The second-order valence-corrected chi connectivity index (χ2v) is 6.14. The van der Waals surface area contributed by atoms with Crippen molar-refractivity contribution >= 4 is 11.0 Å². The second kappa shape index (κ2) is 7.91. The number of unbranched alkanes of at least 4 members (excludes halogenated alkanes) is 5. The molecule has 3 rings (SSSR count). The van der Waals surface area contributed by atoms with Crippen molar-refractivity contribution in [3.8, 4) is 5.69 Å². The summed E-state index contributed by atoms with van der Waals surface area (Å²) in [5, 5.41) is 8.64. The van der Waals surface area contributed by atoms with Gasteiger partial charge in [-0.2, -0.15) is 0 Å². The fourth-order valence-electron chi connectivity index (χ4n) is 3.07. The van der Waals surface area contributed by atoms with E-state index in [2.05, 4.69) is 47.6 Å². The van der Waals surface area contributed by atoms with Gasteiger partial charge in [-0.15, -0.1) is 5.10 Å². The summed E-state index contributed by atoms with van der Waals surface area (Å²) in [4.78, 5) is 0. The molecule has 0 saturated heterocycles. The van der Waals surface area contributed by atoms with E-state index in [9.17, 15) is 0 Å². The van der Waals surface area contributed by atoms with Crippen LogP contribution in [0.4, 0.5) is 0 Å². The van der Waals surface area contributed by atoms with Gasteiger partial charge in [0, 0.05) is 0 Å². The van der Waals surface area contributed by atoms with Crippen LogP contribution in [0.25, 0.3) is 16.7 Å². The van der Waals surface area contributed by atoms with E-state index < -0.39 is 0 Å². The third kappa shape index (κ3) is 3.79. The minimum Gasteiger partial charge on any atom is -0.213 e. The van der Waals surface area contributed by atoms with Crippen LogP contribution in [0.15, 0.2) is 48.5 Å². The van der Waals surface area contributed by atoms with Crippen LogP contribution in [0.1, 0.15) is 51.0 Å². The molecule has 0 aliphatic rings. The Labute approximate surface area is 138 Å². The van der Waals surface area contributed by atoms with Crippen LogP contribution in [0.3, 0.4) is 0 Å². The second-order valence-electron chi connectivity index (χ2n) is 6.14. The molecule has 0 fully saturated rings. The van der Waals surface area contributed by atoms with E-state index in [0.29, 0.717) is 0 Å². The monoisotopic (exact) mass is 307 g/mol. The van der Waals surface area contributed by atoms with Crippen LogP contribution in [-0.2, 0) is 6.42 Å². The number of benzene rings is 2. The van der Waals surface area contributed by atoms with Crippen molar-refractivity contribution < 1.29 is 0 Å². The molecule has 0 aliphatic heterocycles. The van der Waals surface area contributed by atoms with Crippen LogP contribution in [0.5, 0.6) is 0 Å². The molecule has 3 nitrogen and oxygen atoms in total. The maximum atomic E-state index is 4.36. The van der Waals surface area contributed by atoms with Crippen molar-refractivity contribution in [2.45, 2.75) is 51.9 Å². The number of nitrogens with zero attached hydrogens (tertiary/aromatic N) is 3. The van der Waals surface area contributed by atoms with Gasteiger partial charge in [-0.3, -0.25) is 0 Å². The van der Waals surface area contributed by atoms with Crippen LogP contribution in [0, 0.1) is 0 Å². The zero-order valence-electron chi connectivity index (χ0n) is 13.9. The lowest BCUT2D eigenvalue weighted by Crippen LogP contribution is -2.01. The molecular formula is C20H25N3. The molecule has 0 amide bonds. The summed E-state index contributed by atoms with van der Waals surface area (Å²) in [7, 11) is 0. The van der Waals surface area contributed by atoms with Crippen molar-refractivity contribution in [2.75, 3.05) is 0 Å². The number of para-hydroxylation sites is 2. The normalized spacial score (nSPS) is 11.2. The van der Waals surface area contributed by atoms with Gasteiger partial charge >= 0.3 is 0 Å². The summed E-state index contributed by atoms with van der Waals surface area (Å²) < 4.78 is 1.97. The number of aryl methyl sites for hydroxylation is 1. The van der Waals surface area contributed by atoms with Crippen LogP contribution < -0.4 is 0 Å². The van der Waals surface area contributed by atoms with Crippen LogP contribution in [0.2, 0.25) is 0 Å². The number of aromatic nitrogens is 3. The lowest BCUT2D eigenvalue weighted by atomic mass is 10.0. The van der Waals surface area contributed by atoms with E-state index in [0.717, 1.165) is 23.1 Å². The molecule has 23 heavy (non-hydrogen) atoms. The number of hydrogen-bond donors (Lipinski definition) is 0. The standard InChI is InChI=1S/C20H25N3/c1-2-3-4-5-6-7-12-17-13-8-10-15-19(17)23-20-16-11-9-14-18(20)21-22-23/h8-11,13-16H,2-7,12H2,1H3. The molecule has 2 aromatic carbocycles. The highest BCUT2D eigenvalue weighted by molar-refractivity contribution is 5.76. The SMILES string of the molecule is CCCCCCCCc1ccccc1-n1nnc2ccccc21. The van der Waals surface area contributed by atoms with Gasteiger partial charge in [0.25, 0.3) is 0 Å². The molecule has 0 spiro atoms. The summed E-state index contributed by atoms with van der Waals surface area (Å²) in [6.45, 7) is 2.26. The molecule has 3 aromatic rings. The van der Waals surface area contributed by atoms with E-state index in [1.54, 1.807) is 0 Å². The summed E-state index contributed by atoms with van der Waals surface area (Å²) in [6.07, 6.45) is 9.05. The average Bonchev–Trinajstić information content (AvgIpc) is 3.02. The zero-order chi connectivity index (χ0) is 15.9. The molecule has 0 N–H and O–H groups in total. The Hall–Kier alpha value is -2.16. The van der Waals surface area contributed by atoms with E-state index >= 15 is 0 Å². The van der Waals surface area contributed by atoms with E-state index in [-0.39, 0.29) is 0 Å². The molecule has 0 unspecified atom stereocenters. The van der Waals surface area contributed by atoms with Gasteiger partial charge in [0.1, 0.15) is 5.52 Å². The Bertz CT molecular complexity index is 745. The first-order valence-corrected chi connectivity index (χ1v) is 8.79. The minimum absolute atomic E-state index is 0.946. The summed E-state index contributed by atoms with van der Waals surface area (Å²) in [5.74, 6) is 0. The van der Waals surface area contributed by atoms with Gasteiger partial charge in [-0.05, 0) is 36.6 Å². The molecular weight excluding hydrogens is 282 g/mol. The van der Waals surface area contributed by atoms with Gasteiger partial charge in [-0.1, -0.05) is 74.6 Å². The average molecular weight is 307 g/mol. The Morgan fingerprint density at radius 1 is 0.826 bits per heavy atom. The first kappa shape index (κ1) is 15.7. The molecule has 120 valence electrons. The third-order valence-corrected chi connectivity index (χ3v) is 4.37. The summed E-state index contributed by atoms with van der Waals surface area (Å²) >= 11 is 0. The van der Waals surface area contributed by atoms with Crippen LogP contribution >= 0.6 is 0 Å². The third-order valence-electron chi connectivity index (χ3n) is 4.37. The summed E-state index contributed by atoms with van der Waals surface area (Å²) in [6, 6.07) is 16.7. The van der Waals surface area contributed by atoms with Gasteiger partial charge in [0.15, 0.2) is 0 Å². The lowest BCUT2D eigenvalue weighted by Gasteiger charge is -2.10. The van der Waals surface area contributed by atoms with E-state index in [1.165, 1.54) is 44.1 Å². The number of hydrogen-bond acceptors (Lipinski definition) is 2. The highest BCUT2D eigenvalue weighted by Crippen LogP contribution is 2.21. The fraction of sp³-hybridized carbons (Fsp3) is 0.400. The predicted octanol–water partition coefficient (Wildman–Crippen LogP) is 5.32.